The molecule has 104 valence electrons. The zero-order chi connectivity index (χ0) is 13.9. The van der Waals surface area contributed by atoms with Gasteiger partial charge in [-0.05, 0) is 38.3 Å². The molecule has 0 aliphatic carbocycles. The molecule has 1 aliphatic rings. The molecule has 0 radical (unpaired) electrons. The van der Waals surface area contributed by atoms with Crippen molar-refractivity contribution in [2.45, 2.75) is 51.1 Å². The summed E-state index contributed by atoms with van der Waals surface area (Å²) in [6.45, 7) is 4.90. The zero-order valence-corrected chi connectivity index (χ0v) is 11.8. The lowest BCUT2D eigenvalue weighted by atomic mass is 9.93. The van der Waals surface area contributed by atoms with Gasteiger partial charge < -0.3 is 5.11 Å². The number of hydrogen-bond donors (Lipinski definition) is 1. The Morgan fingerprint density at radius 3 is 2.68 bits per heavy atom. The molecule has 2 unspecified atom stereocenters. The Morgan fingerprint density at radius 2 is 2.11 bits per heavy atom. The van der Waals surface area contributed by atoms with Gasteiger partial charge in [0.15, 0.2) is 0 Å². The van der Waals surface area contributed by atoms with Crippen LogP contribution in [0, 0.1) is 0 Å². The van der Waals surface area contributed by atoms with Crippen LogP contribution < -0.4 is 0 Å². The van der Waals surface area contributed by atoms with Gasteiger partial charge in [-0.15, -0.1) is 0 Å². The highest BCUT2D eigenvalue weighted by molar-refractivity contribution is 5.78. The number of benzene rings is 1. The highest BCUT2D eigenvalue weighted by atomic mass is 16.4. The number of carboxylic acid groups (broad SMARTS) is 1. The van der Waals surface area contributed by atoms with Crippen LogP contribution in [0.5, 0.6) is 0 Å². The van der Waals surface area contributed by atoms with Crippen molar-refractivity contribution in [2.75, 3.05) is 6.54 Å². The van der Waals surface area contributed by atoms with E-state index in [2.05, 4.69) is 24.0 Å². The van der Waals surface area contributed by atoms with Gasteiger partial charge in [0, 0.05) is 6.04 Å². The number of nitrogens with zero attached hydrogens (tertiary/aromatic N) is 1. The van der Waals surface area contributed by atoms with Crippen LogP contribution in [0.1, 0.15) is 51.1 Å². The molecule has 2 atom stereocenters. The van der Waals surface area contributed by atoms with Crippen molar-refractivity contribution in [2.24, 2.45) is 0 Å². The van der Waals surface area contributed by atoms with Crippen molar-refractivity contribution in [3.05, 3.63) is 35.9 Å². The number of rotatable bonds is 5. The van der Waals surface area contributed by atoms with E-state index in [4.69, 9.17) is 0 Å². The first-order valence-corrected chi connectivity index (χ1v) is 7.14. The standard InChI is InChI=1S/C16H23NO2/c1-3-8-14(13-9-5-4-6-10-13)17-12-7-11-16(17,2)15(18)19/h4-6,9-10,14H,3,7-8,11-12H2,1-2H3,(H,18,19). The fraction of sp³-hybridized carbons (Fsp3) is 0.562. The first-order valence-electron chi connectivity index (χ1n) is 7.14. The maximum atomic E-state index is 11.6. The summed E-state index contributed by atoms with van der Waals surface area (Å²) in [6.07, 6.45) is 3.78. The van der Waals surface area contributed by atoms with E-state index in [0.29, 0.717) is 0 Å². The maximum absolute atomic E-state index is 11.6. The topological polar surface area (TPSA) is 40.5 Å². The van der Waals surface area contributed by atoms with Crippen LogP contribution in [0.2, 0.25) is 0 Å². The second-order valence-electron chi connectivity index (χ2n) is 5.59. The third kappa shape index (κ3) is 2.66. The lowest BCUT2D eigenvalue weighted by molar-refractivity contribution is -0.150. The van der Waals surface area contributed by atoms with Gasteiger partial charge in [-0.1, -0.05) is 43.7 Å². The summed E-state index contributed by atoms with van der Waals surface area (Å²) in [7, 11) is 0. The van der Waals surface area contributed by atoms with E-state index in [1.165, 1.54) is 5.56 Å². The lowest BCUT2D eigenvalue weighted by Gasteiger charge is -2.38. The Morgan fingerprint density at radius 1 is 1.42 bits per heavy atom. The van der Waals surface area contributed by atoms with Gasteiger partial charge in [0.25, 0.3) is 0 Å². The smallest absolute Gasteiger partial charge is 0.323 e. The van der Waals surface area contributed by atoms with Crippen LogP contribution in [-0.2, 0) is 4.79 Å². The van der Waals surface area contributed by atoms with Gasteiger partial charge in [-0.2, -0.15) is 0 Å². The Kier molecular flexibility index (Phi) is 4.25. The monoisotopic (exact) mass is 261 g/mol. The second kappa shape index (κ2) is 5.74. The van der Waals surface area contributed by atoms with Gasteiger partial charge in [-0.25, -0.2) is 0 Å². The fourth-order valence-electron chi connectivity index (χ4n) is 3.16. The number of aliphatic carboxylic acids is 1. The maximum Gasteiger partial charge on any atom is 0.323 e. The first kappa shape index (κ1) is 14.1. The molecule has 3 heteroatoms. The van der Waals surface area contributed by atoms with Crippen LogP contribution in [-0.4, -0.2) is 28.1 Å². The molecule has 1 N–H and O–H groups in total. The Bertz CT molecular complexity index is 432. The molecule has 1 saturated heterocycles. The van der Waals surface area contributed by atoms with Gasteiger partial charge in [-0.3, -0.25) is 9.69 Å². The van der Waals surface area contributed by atoms with E-state index in [0.717, 1.165) is 32.2 Å². The van der Waals surface area contributed by atoms with E-state index in [1.54, 1.807) is 0 Å². The van der Waals surface area contributed by atoms with Crippen molar-refractivity contribution in [3.8, 4) is 0 Å². The van der Waals surface area contributed by atoms with E-state index >= 15 is 0 Å². The summed E-state index contributed by atoms with van der Waals surface area (Å²) in [5.41, 5.74) is 0.522. The van der Waals surface area contributed by atoms with Crippen LogP contribution in [0.4, 0.5) is 0 Å². The zero-order valence-electron chi connectivity index (χ0n) is 11.8. The molecule has 19 heavy (non-hydrogen) atoms. The average molecular weight is 261 g/mol. The van der Waals surface area contributed by atoms with Crippen LogP contribution >= 0.6 is 0 Å². The van der Waals surface area contributed by atoms with Crippen molar-refractivity contribution in [1.82, 2.24) is 4.90 Å². The molecular weight excluding hydrogens is 238 g/mol. The molecule has 0 spiro atoms. The summed E-state index contributed by atoms with van der Waals surface area (Å²) >= 11 is 0. The number of likely N-dealkylation sites (tertiary alicyclic amines) is 1. The first-order chi connectivity index (χ1) is 9.09. The largest absolute Gasteiger partial charge is 0.480 e. The summed E-state index contributed by atoms with van der Waals surface area (Å²) in [4.78, 5) is 13.8. The van der Waals surface area contributed by atoms with Crippen molar-refractivity contribution < 1.29 is 9.90 Å². The second-order valence-corrected chi connectivity index (χ2v) is 5.59. The predicted octanol–water partition coefficient (Wildman–Crippen LogP) is 3.47. The van der Waals surface area contributed by atoms with Crippen LogP contribution in [0.3, 0.4) is 0 Å². The fourth-order valence-corrected chi connectivity index (χ4v) is 3.16. The minimum Gasteiger partial charge on any atom is -0.480 e. The van der Waals surface area contributed by atoms with E-state index in [-0.39, 0.29) is 6.04 Å². The Balaban J connectivity index is 2.31. The van der Waals surface area contributed by atoms with Crippen molar-refractivity contribution >= 4 is 5.97 Å². The molecule has 1 fully saturated rings. The molecule has 1 aromatic carbocycles. The summed E-state index contributed by atoms with van der Waals surface area (Å²) < 4.78 is 0. The molecule has 1 aliphatic heterocycles. The predicted molar refractivity (Wildman–Crippen MR) is 76.1 cm³/mol. The van der Waals surface area contributed by atoms with Gasteiger partial charge in [0.05, 0.1) is 0 Å². The van der Waals surface area contributed by atoms with Gasteiger partial charge in [0.2, 0.25) is 0 Å². The minimum absolute atomic E-state index is 0.217. The SMILES string of the molecule is CCCC(c1ccccc1)N1CCCC1(C)C(=O)O. The number of carboxylic acids is 1. The van der Waals surface area contributed by atoms with Crippen molar-refractivity contribution in [3.63, 3.8) is 0 Å². The van der Waals surface area contributed by atoms with Crippen LogP contribution in [0.15, 0.2) is 30.3 Å². The third-order valence-electron chi connectivity index (χ3n) is 4.28. The number of hydrogen-bond acceptors (Lipinski definition) is 2. The highest BCUT2D eigenvalue weighted by Crippen LogP contribution is 2.39. The average Bonchev–Trinajstić information content (AvgIpc) is 2.80. The van der Waals surface area contributed by atoms with Gasteiger partial charge in [0.1, 0.15) is 5.54 Å². The minimum atomic E-state index is -0.713. The Hall–Kier alpha value is -1.35. The van der Waals surface area contributed by atoms with Gasteiger partial charge >= 0.3 is 5.97 Å². The molecule has 2 rings (SSSR count). The molecule has 0 amide bonds. The molecule has 1 aromatic rings. The Labute approximate surface area is 115 Å². The molecule has 1 heterocycles. The molecule has 0 aromatic heterocycles. The molecule has 3 nitrogen and oxygen atoms in total. The lowest BCUT2D eigenvalue weighted by Crippen LogP contribution is -2.49. The van der Waals surface area contributed by atoms with E-state index in [9.17, 15) is 9.90 Å². The summed E-state index contributed by atoms with van der Waals surface area (Å²) in [5, 5.41) is 9.57. The van der Waals surface area contributed by atoms with Crippen molar-refractivity contribution in [1.29, 1.82) is 0 Å². The third-order valence-corrected chi connectivity index (χ3v) is 4.28. The number of carbonyl (C=O) groups is 1. The summed E-state index contributed by atoms with van der Waals surface area (Å²) in [6, 6.07) is 10.5. The normalized spacial score (nSPS) is 25.4. The molecule has 0 saturated carbocycles. The highest BCUT2D eigenvalue weighted by Gasteiger charge is 2.46. The molecule has 0 bridgehead atoms. The van der Waals surface area contributed by atoms with Crippen LogP contribution in [0.25, 0.3) is 0 Å². The quantitative estimate of drug-likeness (QED) is 0.882. The summed E-state index contributed by atoms with van der Waals surface area (Å²) in [5.74, 6) is -0.693. The van der Waals surface area contributed by atoms with E-state index < -0.39 is 11.5 Å². The molecular formula is C16H23NO2. The van der Waals surface area contributed by atoms with E-state index in [1.807, 2.05) is 25.1 Å².